The minimum Gasteiger partial charge on any atom is -0.376 e. The highest BCUT2D eigenvalue weighted by molar-refractivity contribution is 6.36. The molecule has 1 aromatic rings. The molecule has 7 heteroatoms. The van der Waals surface area contributed by atoms with Crippen molar-refractivity contribution in [2.24, 2.45) is 0 Å². The zero-order valence-electron chi connectivity index (χ0n) is 10.2. The van der Waals surface area contributed by atoms with E-state index in [4.69, 9.17) is 32.7 Å². The highest BCUT2D eigenvalue weighted by Gasteiger charge is 2.16. The van der Waals surface area contributed by atoms with Crippen LogP contribution in [0.1, 0.15) is 12.8 Å². The summed E-state index contributed by atoms with van der Waals surface area (Å²) in [6.07, 6.45) is 3.54. The molecule has 1 fully saturated rings. The number of hydrogen-bond donors (Lipinski definition) is 1. The van der Waals surface area contributed by atoms with Gasteiger partial charge in [0.2, 0.25) is 5.91 Å². The number of nitrogens with zero attached hydrogens (tertiary/aromatic N) is 1. The first kappa shape index (κ1) is 14.5. The summed E-state index contributed by atoms with van der Waals surface area (Å²) in [4.78, 5) is 15.5. The van der Waals surface area contributed by atoms with Gasteiger partial charge >= 0.3 is 0 Å². The van der Waals surface area contributed by atoms with Gasteiger partial charge in [0.05, 0.1) is 29.6 Å². The van der Waals surface area contributed by atoms with Crippen molar-refractivity contribution < 1.29 is 14.3 Å². The number of ether oxygens (including phenoxy) is 2. The minimum absolute atomic E-state index is 0.0428. The molecule has 0 aliphatic carbocycles. The molecule has 1 aromatic heterocycles. The van der Waals surface area contributed by atoms with Crippen molar-refractivity contribution in [1.82, 2.24) is 4.98 Å². The van der Waals surface area contributed by atoms with E-state index in [1.54, 1.807) is 0 Å². The van der Waals surface area contributed by atoms with Gasteiger partial charge in [-0.3, -0.25) is 4.79 Å². The van der Waals surface area contributed by atoms with Crippen LogP contribution in [0.5, 0.6) is 0 Å². The van der Waals surface area contributed by atoms with Crippen LogP contribution >= 0.6 is 23.2 Å². The molecule has 2 heterocycles. The Morgan fingerprint density at radius 2 is 2.42 bits per heavy atom. The number of nitrogens with one attached hydrogen (secondary N) is 1. The van der Waals surface area contributed by atoms with E-state index in [9.17, 15) is 4.79 Å². The topological polar surface area (TPSA) is 60.5 Å². The molecule has 1 aliphatic rings. The molecule has 2 rings (SSSR count). The Kier molecular flexibility index (Phi) is 5.39. The summed E-state index contributed by atoms with van der Waals surface area (Å²) in [5.41, 5.74) is 0.414. The third-order valence-corrected chi connectivity index (χ3v) is 3.17. The first-order chi connectivity index (χ1) is 9.15. The second-order valence-corrected chi connectivity index (χ2v) is 4.98. The fourth-order valence-corrected chi connectivity index (χ4v) is 2.16. The smallest absolute Gasteiger partial charge is 0.250 e. The normalized spacial score (nSPS) is 18.5. The zero-order chi connectivity index (χ0) is 13.7. The zero-order valence-corrected chi connectivity index (χ0v) is 11.7. The van der Waals surface area contributed by atoms with E-state index in [-0.39, 0.29) is 23.8 Å². The highest BCUT2D eigenvalue weighted by Crippen LogP contribution is 2.23. The van der Waals surface area contributed by atoms with E-state index in [0.717, 1.165) is 19.4 Å². The summed E-state index contributed by atoms with van der Waals surface area (Å²) in [5, 5.41) is 3.22. The van der Waals surface area contributed by atoms with Crippen molar-refractivity contribution >= 4 is 34.8 Å². The first-order valence-corrected chi connectivity index (χ1v) is 6.71. The second-order valence-electron chi connectivity index (χ2n) is 4.19. The molecule has 0 saturated carbocycles. The van der Waals surface area contributed by atoms with Gasteiger partial charge in [0.25, 0.3) is 0 Å². The summed E-state index contributed by atoms with van der Waals surface area (Å²) < 4.78 is 10.7. The van der Waals surface area contributed by atoms with Gasteiger partial charge in [0.15, 0.2) is 0 Å². The molecule has 19 heavy (non-hydrogen) atoms. The Morgan fingerprint density at radius 3 is 3.11 bits per heavy atom. The maximum Gasteiger partial charge on any atom is 0.250 e. The number of carbonyl (C=O) groups is 1. The molecule has 1 amide bonds. The lowest BCUT2D eigenvalue weighted by molar-refractivity contribution is -0.121. The molecule has 1 aliphatic heterocycles. The highest BCUT2D eigenvalue weighted by atomic mass is 35.5. The third kappa shape index (κ3) is 4.62. The molecule has 5 nitrogen and oxygen atoms in total. The predicted octanol–water partition coefficient (Wildman–Crippen LogP) is 2.52. The van der Waals surface area contributed by atoms with E-state index in [1.165, 1.54) is 12.3 Å². The van der Waals surface area contributed by atoms with E-state index < -0.39 is 0 Å². The summed E-state index contributed by atoms with van der Waals surface area (Å²) in [6.45, 7) is 1.16. The largest absolute Gasteiger partial charge is 0.376 e. The molecule has 104 valence electrons. The van der Waals surface area contributed by atoms with Crippen LogP contribution in [0.15, 0.2) is 12.3 Å². The lowest BCUT2D eigenvalue weighted by Crippen LogP contribution is -2.22. The van der Waals surface area contributed by atoms with Gasteiger partial charge in [-0.2, -0.15) is 0 Å². The van der Waals surface area contributed by atoms with Crippen LogP contribution in [0.3, 0.4) is 0 Å². The van der Waals surface area contributed by atoms with Crippen molar-refractivity contribution in [2.45, 2.75) is 18.9 Å². The maximum atomic E-state index is 11.6. The summed E-state index contributed by atoms with van der Waals surface area (Å²) >= 11 is 11.6. The van der Waals surface area contributed by atoms with Crippen molar-refractivity contribution in [2.75, 3.05) is 25.1 Å². The van der Waals surface area contributed by atoms with Crippen LogP contribution < -0.4 is 5.32 Å². The van der Waals surface area contributed by atoms with Gasteiger partial charge < -0.3 is 14.8 Å². The van der Waals surface area contributed by atoms with E-state index in [2.05, 4.69) is 10.3 Å². The van der Waals surface area contributed by atoms with Crippen LogP contribution in [-0.2, 0) is 14.3 Å². The van der Waals surface area contributed by atoms with Crippen molar-refractivity contribution in [3.63, 3.8) is 0 Å². The van der Waals surface area contributed by atoms with E-state index in [1.807, 2.05) is 0 Å². The first-order valence-electron chi connectivity index (χ1n) is 5.95. The fraction of sp³-hybridized carbons (Fsp3) is 0.500. The predicted molar refractivity (Wildman–Crippen MR) is 72.7 cm³/mol. The van der Waals surface area contributed by atoms with Gasteiger partial charge in [-0.1, -0.05) is 23.2 Å². The molecule has 1 N–H and O–H groups in total. The lowest BCUT2D eigenvalue weighted by atomic mass is 10.2. The summed E-state index contributed by atoms with van der Waals surface area (Å²) in [7, 11) is 0. The lowest BCUT2D eigenvalue weighted by Gasteiger charge is -2.10. The molecular weight excluding hydrogens is 291 g/mol. The summed E-state index contributed by atoms with van der Waals surface area (Å²) in [6, 6.07) is 1.46. The van der Waals surface area contributed by atoms with E-state index in [0.29, 0.717) is 17.3 Å². The number of hydrogen-bond acceptors (Lipinski definition) is 4. The monoisotopic (exact) mass is 304 g/mol. The van der Waals surface area contributed by atoms with E-state index >= 15 is 0 Å². The quantitative estimate of drug-likeness (QED) is 0.849. The van der Waals surface area contributed by atoms with Gasteiger partial charge in [-0.25, -0.2) is 4.98 Å². The molecule has 1 atom stereocenters. The van der Waals surface area contributed by atoms with Crippen LogP contribution in [0.25, 0.3) is 0 Å². The second kappa shape index (κ2) is 7.05. The van der Waals surface area contributed by atoms with Crippen LogP contribution in [0.4, 0.5) is 5.69 Å². The van der Waals surface area contributed by atoms with Gasteiger partial charge in [-0.15, -0.1) is 0 Å². The van der Waals surface area contributed by atoms with Crippen molar-refractivity contribution in [1.29, 1.82) is 0 Å². The Balaban J connectivity index is 1.74. The van der Waals surface area contributed by atoms with Crippen LogP contribution in [0, 0.1) is 0 Å². The van der Waals surface area contributed by atoms with Crippen LogP contribution in [0.2, 0.25) is 10.2 Å². The van der Waals surface area contributed by atoms with Gasteiger partial charge in [-0.05, 0) is 18.9 Å². The van der Waals surface area contributed by atoms with Crippen molar-refractivity contribution in [3.8, 4) is 0 Å². The Morgan fingerprint density at radius 1 is 1.58 bits per heavy atom. The molecule has 0 aromatic carbocycles. The number of amides is 1. The minimum atomic E-state index is -0.288. The number of aromatic nitrogens is 1. The average molecular weight is 305 g/mol. The molecule has 1 unspecified atom stereocenters. The standard InChI is InChI=1S/C12H14Cl2N2O3/c13-9-4-11(14)15-5-10(9)16-12(17)7-18-6-8-2-1-3-19-8/h4-5,8H,1-3,6-7H2,(H,16,17). The number of carbonyl (C=O) groups excluding carboxylic acids is 1. The third-order valence-electron chi connectivity index (χ3n) is 2.66. The maximum absolute atomic E-state index is 11.6. The molecule has 1 saturated heterocycles. The molecular formula is C12H14Cl2N2O3. The number of anilines is 1. The Labute approximate surface area is 121 Å². The van der Waals surface area contributed by atoms with Gasteiger partial charge in [0.1, 0.15) is 11.8 Å². The molecule has 0 bridgehead atoms. The molecule has 0 radical (unpaired) electrons. The average Bonchev–Trinajstić information content (AvgIpc) is 2.86. The summed E-state index contributed by atoms with van der Waals surface area (Å²) in [5.74, 6) is -0.288. The number of pyridine rings is 1. The van der Waals surface area contributed by atoms with Crippen LogP contribution in [-0.4, -0.2) is 36.8 Å². The van der Waals surface area contributed by atoms with Crippen molar-refractivity contribution in [3.05, 3.63) is 22.4 Å². The van der Waals surface area contributed by atoms with Gasteiger partial charge in [0, 0.05) is 6.61 Å². The number of rotatable bonds is 5. The fourth-order valence-electron chi connectivity index (χ4n) is 1.74. The number of halogens is 2. The SMILES string of the molecule is O=C(COCC1CCCO1)Nc1cnc(Cl)cc1Cl. The molecule has 0 spiro atoms. The Hall–Kier alpha value is -0.880. The Bertz CT molecular complexity index is 451.